The molecular formula is C21H17Cl2N3O5S. The number of hydrogen-bond acceptors (Lipinski definition) is 6. The van der Waals surface area contributed by atoms with Gasteiger partial charge < -0.3 is 14.8 Å². The van der Waals surface area contributed by atoms with Crippen LogP contribution < -0.4 is 25.4 Å². The highest BCUT2D eigenvalue weighted by Crippen LogP contribution is 2.30. The number of hydrogen-bond donors (Lipinski definition) is 3. The van der Waals surface area contributed by atoms with Crippen LogP contribution in [0.4, 0.5) is 5.69 Å². The highest BCUT2D eigenvalue weighted by molar-refractivity contribution is 7.80. The summed E-state index contributed by atoms with van der Waals surface area (Å²) in [5, 5.41) is 8.03. The zero-order valence-corrected chi connectivity index (χ0v) is 19.0. The molecule has 166 valence electrons. The first-order valence-corrected chi connectivity index (χ1v) is 10.5. The van der Waals surface area contributed by atoms with E-state index in [2.05, 4.69) is 16.0 Å². The molecule has 0 radical (unpaired) electrons. The monoisotopic (exact) mass is 493 g/mol. The zero-order chi connectivity index (χ0) is 23.3. The van der Waals surface area contributed by atoms with Crippen LogP contribution in [0.3, 0.4) is 0 Å². The summed E-state index contributed by atoms with van der Waals surface area (Å²) >= 11 is 16.6. The number of carbonyl (C=O) groups excluding carboxylic acids is 3. The molecule has 0 saturated carbocycles. The minimum atomic E-state index is -0.601. The molecule has 1 aliphatic heterocycles. The average Bonchev–Trinajstić information content (AvgIpc) is 2.73. The number of ether oxygens (including phenoxy) is 2. The van der Waals surface area contributed by atoms with Gasteiger partial charge in [0.2, 0.25) is 0 Å². The molecule has 0 spiro atoms. The number of benzene rings is 2. The Labute approximate surface area is 198 Å². The molecule has 32 heavy (non-hydrogen) atoms. The van der Waals surface area contributed by atoms with Crippen molar-refractivity contribution in [3.63, 3.8) is 0 Å². The Morgan fingerprint density at radius 3 is 2.41 bits per heavy atom. The minimum Gasteiger partial charge on any atom is -0.490 e. The predicted octanol–water partition coefficient (Wildman–Crippen LogP) is 3.32. The molecule has 0 aromatic heterocycles. The van der Waals surface area contributed by atoms with Crippen LogP contribution in [0.2, 0.25) is 10.0 Å². The van der Waals surface area contributed by atoms with Crippen molar-refractivity contribution in [1.29, 1.82) is 0 Å². The first-order chi connectivity index (χ1) is 15.3. The smallest absolute Gasteiger partial charge is 0.263 e. The maximum atomic E-state index is 12.2. The number of amides is 3. The second kappa shape index (κ2) is 10.4. The van der Waals surface area contributed by atoms with E-state index in [9.17, 15) is 14.4 Å². The Morgan fingerprint density at radius 1 is 1.03 bits per heavy atom. The van der Waals surface area contributed by atoms with Gasteiger partial charge in [0, 0.05) is 5.69 Å². The molecule has 3 amide bonds. The summed E-state index contributed by atoms with van der Waals surface area (Å²) in [6, 6.07) is 9.50. The Kier molecular flexibility index (Phi) is 7.68. The van der Waals surface area contributed by atoms with Crippen LogP contribution in [0.1, 0.15) is 12.5 Å². The minimum absolute atomic E-state index is 0.0462. The molecule has 1 fully saturated rings. The molecule has 0 atom stereocenters. The van der Waals surface area contributed by atoms with Crippen molar-refractivity contribution in [3.05, 3.63) is 57.6 Å². The SMILES string of the molecule is CCOc1cc(C=C2C(=O)NC(=S)NC2=O)ccc1OCC(=O)Nc1ccc(Cl)c(Cl)c1. The Bertz CT molecular complexity index is 1110. The normalized spacial score (nSPS) is 13.2. The summed E-state index contributed by atoms with van der Waals surface area (Å²) in [6.45, 7) is 1.83. The van der Waals surface area contributed by atoms with Crippen LogP contribution in [0.5, 0.6) is 11.5 Å². The van der Waals surface area contributed by atoms with Crippen molar-refractivity contribution in [1.82, 2.24) is 10.6 Å². The van der Waals surface area contributed by atoms with E-state index >= 15 is 0 Å². The molecular weight excluding hydrogens is 477 g/mol. The van der Waals surface area contributed by atoms with Gasteiger partial charge in [0.15, 0.2) is 23.2 Å². The standard InChI is InChI=1S/C21H17Cl2N3O5S/c1-2-30-17-8-11(7-13-19(28)25-21(32)26-20(13)29)3-6-16(17)31-10-18(27)24-12-4-5-14(22)15(23)9-12/h3-9H,2,10H2,1H3,(H,24,27)(H2,25,26,28,29,32). The van der Waals surface area contributed by atoms with E-state index in [-0.39, 0.29) is 17.3 Å². The van der Waals surface area contributed by atoms with Crippen LogP contribution in [-0.2, 0) is 14.4 Å². The lowest BCUT2D eigenvalue weighted by atomic mass is 10.1. The molecule has 3 rings (SSSR count). The van der Waals surface area contributed by atoms with Gasteiger partial charge in [-0.25, -0.2) is 0 Å². The van der Waals surface area contributed by atoms with E-state index < -0.39 is 17.7 Å². The van der Waals surface area contributed by atoms with Gasteiger partial charge in [-0.3, -0.25) is 25.0 Å². The Hall–Kier alpha value is -3.14. The molecule has 8 nitrogen and oxygen atoms in total. The maximum absolute atomic E-state index is 12.2. The summed E-state index contributed by atoms with van der Waals surface area (Å²) < 4.78 is 11.2. The average molecular weight is 494 g/mol. The van der Waals surface area contributed by atoms with Crippen molar-refractivity contribution >= 4 is 70.0 Å². The van der Waals surface area contributed by atoms with Crippen molar-refractivity contribution < 1.29 is 23.9 Å². The van der Waals surface area contributed by atoms with E-state index in [1.54, 1.807) is 37.3 Å². The fourth-order valence-electron chi connectivity index (χ4n) is 2.69. The lowest BCUT2D eigenvalue weighted by Crippen LogP contribution is -2.51. The molecule has 1 heterocycles. The molecule has 3 N–H and O–H groups in total. The molecule has 2 aromatic carbocycles. The van der Waals surface area contributed by atoms with Gasteiger partial charge in [0.1, 0.15) is 5.57 Å². The van der Waals surface area contributed by atoms with E-state index in [0.29, 0.717) is 39.4 Å². The predicted molar refractivity (Wildman–Crippen MR) is 125 cm³/mol. The molecule has 0 unspecified atom stereocenters. The lowest BCUT2D eigenvalue weighted by molar-refractivity contribution is -0.123. The summed E-state index contributed by atoms with van der Waals surface area (Å²) in [7, 11) is 0. The largest absolute Gasteiger partial charge is 0.490 e. The van der Waals surface area contributed by atoms with Gasteiger partial charge in [-0.05, 0) is 61.1 Å². The topological polar surface area (TPSA) is 106 Å². The van der Waals surface area contributed by atoms with E-state index in [1.807, 2.05) is 0 Å². The highest BCUT2D eigenvalue weighted by Gasteiger charge is 2.25. The molecule has 0 aliphatic carbocycles. The van der Waals surface area contributed by atoms with Crippen LogP contribution in [0.15, 0.2) is 42.0 Å². The quantitative estimate of drug-likeness (QED) is 0.310. The number of anilines is 1. The van der Waals surface area contributed by atoms with Gasteiger partial charge >= 0.3 is 0 Å². The third kappa shape index (κ3) is 5.97. The van der Waals surface area contributed by atoms with Gasteiger partial charge in [-0.15, -0.1) is 0 Å². The van der Waals surface area contributed by atoms with Gasteiger partial charge in [0.25, 0.3) is 17.7 Å². The number of thiocarbonyl (C=S) groups is 1. The second-order valence-electron chi connectivity index (χ2n) is 6.40. The first-order valence-electron chi connectivity index (χ1n) is 9.29. The Morgan fingerprint density at radius 2 is 1.75 bits per heavy atom. The maximum Gasteiger partial charge on any atom is 0.263 e. The third-order valence-electron chi connectivity index (χ3n) is 4.08. The van der Waals surface area contributed by atoms with Crippen molar-refractivity contribution in [2.75, 3.05) is 18.5 Å². The number of nitrogens with one attached hydrogen (secondary N) is 3. The highest BCUT2D eigenvalue weighted by atomic mass is 35.5. The Balaban J connectivity index is 1.71. The molecule has 2 aromatic rings. The number of rotatable bonds is 7. The van der Waals surface area contributed by atoms with Crippen molar-refractivity contribution in [2.24, 2.45) is 0 Å². The molecule has 11 heteroatoms. The number of carbonyl (C=O) groups is 3. The van der Waals surface area contributed by atoms with Crippen molar-refractivity contribution in [2.45, 2.75) is 6.92 Å². The van der Waals surface area contributed by atoms with Crippen LogP contribution in [0, 0.1) is 0 Å². The lowest BCUT2D eigenvalue weighted by Gasteiger charge is -2.17. The molecule has 1 saturated heterocycles. The van der Waals surface area contributed by atoms with Crippen LogP contribution in [0.25, 0.3) is 6.08 Å². The molecule has 1 aliphatic rings. The summed E-state index contributed by atoms with van der Waals surface area (Å²) in [5.41, 5.74) is 0.897. The van der Waals surface area contributed by atoms with E-state index in [0.717, 1.165) is 0 Å². The van der Waals surface area contributed by atoms with Gasteiger partial charge in [0.05, 0.1) is 16.7 Å². The fraction of sp³-hybridized carbons (Fsp3) is 0.143. The summed E-state index contributed by atoms with van der Waals surface area (Å²) in [5.74, 6) is -0.955. The first kappa shape index (κ1) is 23.5. The fourth-order valence-corrected chi connectivity index (χ4v) is 3.17. The van der Waals surface area contributed by atoms with E-state index in [4.69, 9.17) is 44.9 Å². The van der Waals surface area contributed by atoms with Crippen molar-refractivity contribution in [3.8, 4) is 11.5 Å². The van der Waals surface area contributed by atoms with Crippen LogP contribution in [-0.4, -0.2) is 36.0 Å². The number of halogens is 2. The van der Waals surface area contributed by atoms with Crippen LogP contribution >= 0.6 is 35.4 Å². The summed E-state index contributed by atoms with van der Waals surface area (Å²) in [6.07, 6.45) is 1.40. The molecule has 0 bridgehead atoms. The van der Waals surface area contributed by atoms with E-state index in [1.165, 1.54) is 12.1 Å². The van der Waals surface area contributed by atoms with Gasteiger partial charge in [-0.1, -0.05) is 29.3 Å². The van der Waals surface area contributed by atoms with Gasteiger partial charge in [-0.2, -0.15) is 0 Å². The zero-order valence-electron chi connectivity index (χ0n) is 16.7. The third-order valence-corrected chi connectivity index (χ3v) is 5.03. The second-order valence-corrected chi connectivity index (χ2v) is 7.62. The summed E-state index contributed by atoms with van der Waals surface area (Å²) in [4.78, 5) is 36.3.